The molecule has 0 aliphatic heterocycles. The third kappa shape index (κ3) is 4.07. The van der Waals surface area contributed by atoms with Crippen LogP contribution in [0.4, 0.5) is 0 Å². The molecular weight excluding hydrogens is 262 g/mol. The van der Waals surface area contributed by atoms with Crippen LogP contribution < -0.4 is 0 Å². The molecule has 0 heterocycles. The van der Waals surface area contributed by atoms with Gasteiger partial charge in [-0.05, 0) is 68.8 Å². The van der Waals surface area contributed by atoms with Crippen LogP contribution in [-0.4, -0.2) is 29.1 Å². The number of carboxylic acid groups (broad SMARTS) is 1. The molecular formula is C18H27NO2. The summed E-state index contributed by atoms with van der Waals surface area (Å²) in [6.45, 7) is 5.21. The van der Waals surface area contributed by atoms with Gasteiger partial charge in [-0.3, -0.25) is 4.90 Å². The topological polar surface area (TPSA) is 40.5 Å². The number of benzene rings is 1. The van der Waals surface area contributed by atoms with Crippen LogP contribution in [0.1, 0.15) is 60.5 Å². The molecule has 0 spiro atoms. The van der Waals surface area contributed by atoms with E-state index in [2.05, 4.69) is 18.9 Å². The number of rotatable bonds is 5. The number of nitrogens with zero attached hydrogens (tertiary/aromatic N) is 1. The van der Waals surface area contributed by atoms with Gasteiger partial charge in [0.1, 0.15) is 0 Å². The van der Waals surface area contributed by atoms with Crippen LogP contribution in [0.3, 0.4) is 0 Å². The fourth-order valence-corrected chi connectivity index (χ4v) is 3.40. The van der Waals surface area contributed by atoms with Crippen LogP contribution in [-0.2, 0) is 6.54 Å². The Bertz CT molecular complexity index is 490. The molecule has 2 rings (SSSR count). The van der Waals surface area contributed by atoms with Crippen molar-refractivity contribution in [2.45, 2.75) is 58.5 Å². The zero-order chi connectivity index (χ0) is 15.4. The molecule has 0 amide bonds. The van der Waals surface area contributed by atoms with Gasteiger partial charge in [-0.2, -0.15) is 0 Å². The second-order valence-electron chi connectivity index (χ2n) is 6.44. The van der Waals surface area contributed by atoms with Crippen LogP contribution in [0.5, 0.6) is 0 Å². The lowest BCUT2D eigenvalue weighted by molar-refractivity contribution is 0.0696. The molecule has 1 aromatic rings. The molecule has 0 aromatic heterocycles. The van der Waals surface area contributed by atoms with E-state index in [1.54, 1.807) is 12.1 Å². The average molecular weight is 289 g/mol. The van der Waals surface area contributed by atoms with E-state index < -0.39 is 5.97 Å². The fourth-order valence-electron chi connectivity index (χ4n) is 3.40. The van der Waals surface area contributed by atoms with Crippen LogP contribution in [0, 0.1) is 12.8 Å². The van der Waals surface area contributed by atoms with Gasteiger partial charge >= 0.3 is 5.97 Å². The van der Waals surface area contributed by atoms with E-state index in [4.69, 9.17) is 5.11 Å². The lowest BCUT2D eigenvalue weighted by Crippen LogP contribution is -2.34. The number of aryl methyl sites for hydroxylation is 1. The number of hydrogen-bond donors (Lipinski definition) is 1. The highest BCUT2D eigenvalue weighted by Gasteiger charge is 2.23. The highest BCUT2D eigenvalue weighted by molar-refractivity contribution is 5.87. The van der Waals surface area contributed by atoms with Crippen molar-refractivity contribution in [3.8, 4) is 0 Å². The van der Waals surface area contributed by atoms with Gasteiger partial charge in [0.15, 0.2) is 0 Å². The Balaban J connectivity index is 1.96. The number of aromatic carboxylic acids is 1. The van der Waals surface area contributed by atoms with E-state index in [-0.39, 0.29) is 0 Å². The molecule has 1 aliphatic carbocycles. The quantitative estimate of drug-likeness (QED) is 0.887. The molecule has 0 saturated heterocycles. The maximum Gasteiger partial charge on any atom is 0.335 e. The standard InChI is InChI=1S/C18H27NO2/c1-4-14-5-9-17(10-6-14)19(3)12-16-8-7-15(18(20)21)11-13(16)2/h7-8,11,14,17H,4-6,9-10,12H2,1-3H3,(H,20,21). The van der Waals surface area contributed by atoms with E-state index in [0.29, 0.717) is 11.6 Å². The molecule has 1 fully saturated rings. The summed E-state index contributed by atoms with van der Waals surface area (Å²) in [5.74, 6) is 0.0714. The first kappa shape index (κ1) is 16.0. The summed E-state index contributed by atoms with van der Waals surface area (Å²) in [7, 11) is 2.20. The molecule has 116 valence electrons. The van der Waals surface area contributed by atoms with Gasteiger partial charge in [-0.15, -0.1) is 0 Å². The molecule has 0 radical (unpaired) electrons. The summed E-state index contributed by atoms with van der Waals surface area (Å²) >= 11 is 0. The van der Waals surface area contributed by atoms with Gasteiger partial charge in [0.25, 0.3) is 0 Å². The van der Waals surface area contributed by atoms with Crippen molar-refractivity contribution >= 4 is 5.97 Å². The van der Waals surface area contributed by atoms with Gasteiger partial charge < -0.3 is 5.11 Å². The maximum absolute atomic E-state index is 11.0. The lowest BCUT2D eigenvalue weighted by Gasteiger charge is -2.34. The van der Waals surface area contributed by atoms with E-state index in [1.165, 1.54) is 37.7 Å². The first-order chi connectivity index (χ1) is 10.0. The average Bonchev–Trinajstić information content (AvgIpc) is 2.49. The third-order valence-electron chi connectivity index (χ3n) is 5.03. The zero-order valence-electron chi connectivity index (χ0n) is 13.4. The minimum absolute atomic E-state index is 0.377. The Morgan fingerprint density at radius 3 is 2.48 bits per heavy atom. The van der Waals surface area contributed by atoms with Gasteiger partial charge in [-0.1, -0.05) is 19.4 Å². The maximum atomic E-state index is 11.0. The molecule has 1 aliphatic rings. The molecule has 3 nitrogen and oxygen atoms in total. The van der Waals surface area contributed by atoms with Crippen molar-refractivity contribution in [1.29, 1.82) is 0 Å². The largest absolute Gasteiger partial charge is 0.478 e. The van der Waals surface area contributed by atoms with Gasteiger partial charge in [0.2, 0.25) is 0 Å². The fraction of sp³-hybridized carbons (Fsp3) is 0.611. The Morgan fingerprint density at radius 1 is 1.29 bits per heavy atom. The Morgan fingerprint density at radius 2 is 1.95 bits per heavy atom. The number of hydrogen-bond acceptors (Lipinski definition) is 2. The monoisotopic (exact) mass is 289 g/mol. The molecule has 21 heavy (non-hydrogen) atoms. The number of carboxylic acids is 1. The third-order valence-corrected chi connectivity index (χ3v) is 5.03. The van der Waals surface area contributed by atoms with Crippen molar-refractivity contribution in [3.05, 3.63) is 34.9 Å². The highest BCUT2D eigenvalue weighted by Crippen LogP contribution is 2.29. The molecule has 1 saturated carbocycles. The highest BCUT2D eigenvalue weighted by atomic mass is 16.4. The summed E-state index contributed by atoms with van der Waals surface area (Å²) in [6.07, 6.45) is 6.60. The van der Waals surface area contributed by atoms with Crippen LogP contribution in [0.25, 0.3) is 0 Å². The van der Waals surface area contributed by atoms with Crippen LogP contribution in [0.2, 0.25) is 0 Å². The summed E-state index contributed by atoms with van der Waals surface area (Å²) in [5, 5.41) is 9.02. The molecule has 0 atom stereocenters. The zero-order valence-corrected chi connectivity index (χ0v) is 13.4. The van der Waals surface area contributed by atoms with E-state index in [9.17, 15) is 4.79 Å². The van der Waals surface area contributed by atoms with Crippen molar-refractivity contribution in [2.75, 3.05) is 7.05 Å². The molecule has 0 bridgehead atoms. The van der Waals surface area contributed by atoms with Crippen LogP contribution >= 0.6 is 0 Å². The first-order valence-corrected chi connectivity index (χ1v) is 8.04. The molecule has 3 heteroatoms. The number of carbonyl (C=O) groups is 1. The Hall–Kier alpha value is -1.35. The Labute approximate surface area is 128 Å². The summed E-state index contributed by atoms with van der Waals surface area (Å²) in [4.78, 5) is 13.4. The van der Waals surface area contributed by atoms with Crippen molar-refractivity contribution < 1.29 is 9.90 Å². The van der Waals surface area contributed by atoms with E-state index in [0.717, 1.165) is 18.0 Å². The Kier molecular flexibility index (Phi) is 5.40. The predicted octanol–water partition coefficient (Wildman–Crippen LogP) is 4.09. The minimum Gasteiger partial charge on any atom is -0.478 e. The van der Waals surface area contributed by atoms with Crippen molar-refractivity contribution in [1.82, 2.24) is 4.90 Å². The summed E-state index contributed by atoms with van der Waals surface area (Å²) < 4.78 is 0. The second-order valence-corrected chi connectivity index (χ2v) is 6.44. The normalized spacial score (nSPS) is 22.5. The van der Waals surface area contributed by atoms with Gasteiger partial charge in [0.05, 0.1) is 5.56 Å². The summed E-state index contributed by atoms with van der Waals surface area (Å²) in [6, 6.07) is 6.13. The summed E-state index contributed by atoms with van der Waals surface area (Å²) in [5.41, 5.74) is 2.69. The van der Waals surface area contributed by atoms with E-state index >= 15 is 0 Å². The van der Waals surface area contributed by atoms with Gasteiger partial charge in [0, 0.05) is 12.6 Å². The molecule has 1 aromatic carbocycles. The first-order valence-electron chi connectivity index (χ1n) is 8.04. The van der Waals surface area contributed by atoms with Crippen LogP contribution in [0.15, 0.2) is 18.2 Å². The van der Waals surface area contributed by atoms with Gasteiger partial charge in [-0.25, -0.2) is 4.79 Å². The lowest BCUT2D eigenvalue weighted by atomic mass is 9.84. The molecule has 0 unspecified atom stereocenters. The SMILES string of the molecule is CCC1CCC(N(C)Cc2ccc(C(=O)O)cc2C)CC1. The van der Waals surface area contributed by atoms with Crippen molar-refractivity contribution in [3.63, 3.8) is 0 Å². The minimum atomic E-state index is -0.851. The predicted molar refractivity (Wildman–Crippen MR) is 85.6 cm³/mol. The second kappa shape index (κ2) is 7.08. The van der Waals surface area contributed by atoms with Crippen molar-refractivity contribution in [2.24, 2.45) is 5.92 Å². The smallest absolute Gasteiger partial charge is 0.335 e. The van der Waals surface area contributed by atoms with E-state index in [1.807, 2.05) is 13.0 Å². The molecule has 1 N–H and O–H groups in total.